The molecule has 0 spiro atoms. The van der Waals surface area contributed by atoms with E-state index in [1.54, 1.807) is 24.7 Å². The Morgan fingerprint density at radius 1 is 1.12 bits per heavy atom. The predicted molar refractivity (Wildman–Crippen MR) is 125 cm³/mol. The monoisotopic (exact) mass is 468 g/mol. The van der Waals surface area contributed by atoms with Crippen molar-refractivity contribution in [2.24, 2.45) is 0 Å². The molecule has 0 atom stereocenters. The van der Waals surface area contributed by atoms with Crippen molar-refractivity contribution in [2.45, 2.75) is 11.8 Å². The van der Waals surface area contributed by atoms with E-state index in [9.17, 15) is 13.2 Å². The van der Waals surface area contributed by atoms with E-state index in [4.69, 9.17) is 4.74 Å². The van der Waals surface area contributed by atoms with Crippen LogP contribution >= 0.6 is 0 Å². The number of methoxy groups -OCH3 is 1. The van der Waals surface area contributed by atoms with E-state index >= 15 is 0 Å². The van der Waals surface area contributed by atoms with Crippen molar-refractivity contribution in [2.75, 3.05) is 27.2 Å². The van der Waals surface area contributed by atoms with Gasteiger partial charge >= 0.3 is 0 Å². The van der Waals surface area contributed by atoms with Crippen LogP contribution in [0.4, 0.5) is 0 Å². The summed E-state index contributed by atoms with van der Waals surface area (Å²) in [5.74, 6) is 0.522. The number of aromatic amines is 1. The van der Waals surface area contributed by atoms with E-state index in [0.717, 1.165) is 5.69 Å². The van der Waals surface area contributed by atoms with Crippen LogP contribution in [0, 0.1) is 6.92 Å². The second-order valence-electron chi connectivity index (χ2n) is 7.31. The molecule has 0 aliphatic rings. The molecule has 33 heavy (non-hydrogen) atoms. The number of aromatic nitrogens is 4. The van der Waals surface area contributed by atoms with Crippen molar-refractivity contribution in [3.05, 3.63) is 64.6 Å². The summed E-state index contributed by atoms with van der Waals surface area (Å²) in [6, 6.07) is 13.7. The van der Waals surface area contributed by atoms with Crippen LogP contribution in [0.5, 0.6) is 5.75 Å². The fraction of sp³-hybridized carbons (Fsp3) is 0.227. The van der Waals surface area contributed by atoms with Gasteiger partial charge < -0.3 is 15.0 Å². The molecule has 3 N–H and O–H groups in total. The number of hydrogen-bond acceptors (Lipinski definition) is 7. The Hall–Kier alpha value is -3.54. The van der Waals surface area contributed by atoms with Crippen LogP contribution in [-0.2, 0) is 10.0 Å². The lowest BCUT2D eigenvalue weighted by Gasteiger charge is -2.12. The molecule has 0 aliphatic carbocycles. The molecule has 4 aromatic rings. The maximum atomic E-state index is 13.0. The lowest BCUT2D eigenvalue weighted by atomic mass is 10.2. The van der Waals surface area contributed by atoms with Gasteiger partial charge in [-0.3, -0.25) is 4.79 Å². The Morgan fingerprint density at radius 2 is 1.88 bits per heavy atom. The van der Waals surface area contributed by atoms with E-state index in [0.29, 0.717) is 28.8 Å². The summed E-state index contributed by atoms with van der Waals surface area (Å²) in [5.41, 5.74) is 2.20. The summed E-state index contributed by atoms with van der Waals surface area (Å²) in [6.45, 7) is 2.52. The van der Waals surface area contributed by atoms with E-state index in [-0.39, 0.29) is 28.6 Å². The first-order valence-corrected chi connectivity index (χ1v) is 11.7. The normalized spacial score (nSPS) is 11.7. The highest BCUT2D eigenvalue weighted by Gasteiger charge is 2.20. The first-order valence-electron chi connectivity index (χ1n) is 10.2. The number of sulfonamides is 1. The summed E-state index contributed by atoms with van der Waals surface area (Å²) in [6.07, 6.45) is 0. The smallest absolute Gasteiger partial charge is 0.277 e. The number of nitrogens with one attached hydrogen (secondary N) is 3. The number of fused-ring (bicyclic) bond motifs is 1. The van der Waals surface area contributed by atoms with Crippen LogP contribution in [0.15, 0.2) is 58.2 Å². The molecule has 0 bridgehead atoms. The standard InChI is InChI=1S/C22H24N6O4S/c1-14-19-20(28(27-14)15-7-5-4-6-8-15)22(29)26-21(25-19)17-10-9-16(13-18(17)32-3)33(30,31)24-12-11-23-2/h4-10,13,23-24H,11-12H2,1-3H3,(H,25,26,29). The number of ether oxygens (including phenoxy) is 1. The minimum Gasteiger partial charge on any atom is -0.496 e. The molecule has 0 saturated carbocycles. The van der Waals surface area contributed by atoms with Crippen LogP contribution < -0.4 is 20.3 Å². The maximum absolute atomic E-state index is 13.0. The Kier molecular flexibility index (Phi) is 6.27. The van der Waals surface area contributed by atoms with Crippen LogP contribution in [0.3, 0.4) is 0 Å². The van der Waals surface area contributed by atoms with E-state index in [1.807, 2.05) is 30.3 Å². The largest absolute Gasteiger partial charge is 0.496 e. The van der Waals surface area contributed by atoms with Crippen molar-refractivity contribution in [1.29, 1.82) is 0 Å². The molecule has 0 radical (unpaired) electrons. The predicted octanol–water partition coefficient (Wildman–Crippen LogP) is 1.59. The van der Waals surface area contributed by atoms with Crippen LogP contribution in [0.1, 0.15) is 5.69 Å². The lowest BCUT2D eigenvalue weighted by Crippen LogP contribution is -2.30. The van der Waals surface area contributed by atoms with Gasteiger partial charge in [0.25, 0.3) is 5.56 Å². The highest BCUT2D eigenvalue weighted by molar-refractivity contribution is 7.89. The molecule has 2 heterocycles. The van der Waals surface area contributed by atoms with Crippen LogP contribution in [-0.4, -0.2) is 55.4 Å². The Morgan fingerprint density at radius 3 is 2.58 bits per heavy atom. The zero-order chi connectivity index (χ0) is 23.6. The van der Waals surface area contributed by atoms with E-state index < -0.39 is 10.0 Å². The molecule has 11 heteroatoms. The zero-order valence-corrected chi connectivity index (χ0v) is 19.2. The minimum atomic E-state index is -3.72. The first kappa shape index (κ1) is 22.6. The van der Waals surface area contributed by atoms with Crippen LogP contribution in [0.25, 0.3) is 28.1 Å². The van der Waals surface area contributed by atoms with Gasteiger partial charge in [-0.15, -0.1) is 0 Å². The molecule has 172 valence electrons. The zero-order valence-electron chi connectivity index (χ0n) is 18.4. The third-order valence-electron chi connectivity index (χ3n) is 5.11. The fourth-order valence-electron chi connectivity index (χ4n) is 3.47. The molecule has 0 fully saturated rings. The van der Waals surface area contributed by atoms with Gasteiger partial charge in [0.1, 0.15) is 17.1 Å². The SMILES string of the molecule is CNCCNS(=O)(=O)c1ccc(-c2nc3c(C)nn(-c4ccccc4)c3c(=O)[nH]2)c(OC)c1. The van der Waals surface area contributed by atoms with Gasteiger partial charge in [-0.25, -0.2) is 22.8 Å². The number of para-hydroxylation sites is 1. The molecule has 2 aromatic carbocycles. The average Bonchev–Trinajstić information content (AvgIpc) is 3.16. The number of likely N-dealkylation sites (N-methyl/N-ethyl adjacent to an activating group) is 1. The molecule has 0 saturated heterocycles. The van der Waals surface area contributed by atoms with Crippen molar-refractivity contribution < 1.29 is 13.2 Å². The number of nitrogens with zero attached hydrogens (tertiary/aromatic N) is 3. The highest BCUT2D eigenvalue weighted by atomic mass is 32.2. The van der Waals surface area contributed by atoms with Crippen molar-refractivity contribution >= 4 is 21.1 Å². The van der Waals surface area contributed by atoms with E-state index in [2.05, 4.69) is 25.1 Å². The summed E-state index contributed by atoms with van der Waals surface area (Å²) in [4.78, 5) is 20.5. The number of hydrogen-bond donors (Lipinski definition) is 3. The third-order valence-corrected chi connectivity index (χ3v) is 6.56. The number of H-pyrrole nitrogens is 1. The molecule has 0 aliphatic heterocycles. The van der Waals surface area contributed by atoms with Gasteiger partial charge in [0, 0.05) is 19.2 Å². The lowest BCUT2D eigenvalue weighted by molar-refractivity contribution is 0.414. The van der Waals surface area contributed by atoms with Crippen molar-refractivity contribution in [3.63, 3.8) is 0 Å². The van der Waals surface area contributed by atoms with Gasteiger partial charge in [0.2, 0.25) is 10.0 Å². The molecule has 0 amide bonds. The van der Waals surface area contributed by atoms with E-state index in [1.165, 1.54) is 19.2 Å². The molecule has 4 rings (SSSR count). The summed E-state index contributed by atoms with van der Waals surface area (Å²) < 4.78 is 34.6. The quantitative estimate of drug-likeness (QED) is 0.335. The van der Waals surface area contributed by atoms with Crippen molar-refractivity contribution in [1.82, 2.24) is 29.8 Å². The fourth-order valence-corrected chi connectivity index (χ4v) is 4.52. The number of benzene rings is 2. The molecular weight excluding hydrogens is 444 g/mol. The Bertz CT molecular complexity index is 1460. The maximum Gasteiger partial charge on any atom is 0.277 e. The van der Waals surface area contributed by atoms with Gasteiger partial charge in [-0.05, 0) is 38.2 Å². The summed E-state index contributed by atoms with van der Waals surface area (Å²) in [7, 11) is -0.549. The van der Waals surface area contributed by atoms with Gasteiger partial charge in [-0.1, -0.05) is 18.2 Å². The van der Waals surface area contributed by atoms with Gasteiger partial charge in [-0.2, -0.15) is 5.10 Å². The average molecular weight is 469 g/mol. The topological polar surface area (TPSA) is 131 Å². The highest BCUT2D eigenvalue weighted by Crippen LogP contribution is 2.30. The summed E-state index contributed by atoms with van der Waals surface area (Å²) in [5, 5.41) is 7.37. The molecular formula is C22H24N6O4S. The minimum absolute atomic E-state index is 0.0516. The Balaban J connectivity index is 1.80. The van der Waals surface area contributed by atoms with Gasteiger partial charge in [0.15, 0.2) is 5.52 Å². The number of rotatable bonds is 8. The second-order valence-corrected chi connectivity index (χ2v) is 9.07. The molecule has 10 nitrogen and oxygen atoms in total. The molecule has 2 aromatic heterocycles. The first-order chi connectivity index (χ1) is 15.9. The second kappa shape index (κ2) is 9.14. The van der Waals surface area contributed by atoms with Gasteiger partial charge in [0.05, 0.1) is 29.0 Å². The third kappa shape index (κ3) is 4.38. The number of aryl methyl sites for hydroxylation is 1. The van der Waals surface area contributed by atoms with Crippen molar-refractivity contribution in [3.8, 4) is 22.8 Å². The van der Waals surface area contributed by atoms with Crippen LogP contribution in [0.2, 0.25) is 0 Å². The Labute approximate surface area is 190 Å². The molecule has 0 unspecified atom stereocenters. The summed E-state index contributed by atoms with van der Waals surface area (Å²) >= 11 is 0.